The van der Waals surface area contributed by atoms with Crippen molar-refractivity contribution in [2.24, 2.45) is 0 Å². The standard InChI is InChI=1S/C14H14Cl2N2O4/c1-22-14(21)11-7-18(2-3-19)13(20)12(11)17-10-5-8(15)4-9(16)6-10/h4-6,17,19H,2-3,7H2,1H3. The maximum atomic E-state index is 12.3. The number of esters is 1. The van der Waals surface area contributed by atoms with Crippen molar-refractivity contribution < 1.29 is 19.4 Å². The summed E-state index contributed by atoms with van der Waals surface area (Å²) in [6.07, 6.45) is 0. The summed E-state index contributed by atoms with van der Waals surface area (Å²) in [5, 5.41) is 12.6. The molecule has 0 aliphatic carbocycles. The van der Waals surface area contributed by atoms with E-state index in [2.05, 4.69) is 5.32 Å². The number of carbonyl (C=O) groups is 2. The lowest BCUT2D eigenvalue weighted by Crippen LogP contribution is -2.31. The Morgan fingerprint density at radius 1 is 1.36 bits per heavy atom. The number of amides is 1. The van der Waals surface area contributed by atoms with Crippen molar-refractivity contribution in [3.05, 3.63) is 39.5 Å². The maximum Gasteiger partial charge on any atom is 0.337 e. The highest BCUT2D eigenvalue weighted by Crippen LogP contribution is 2.27. The molecule has 0 spiro atoms. The third kappa shape index (κ3) is 3.52. The number of ether oxygens (including phenoxy) is 1. The number of nitrogens with zero attached hydrogens (tertiary/aromatic N) is 1. The van der Waals surface area contributed by atoms with Crippen LogP contribution in [0, 0.1) is 0 Å². The second-order valence-electron chi connectivity index (χ2n) is 4.58. The van der Waals surface area contributed by atoms with E-state index in [9.17, 15) is 9.59 Å². The van der Waals surface area contributed by atoms with E-state index in [1.165, 1.54) is 12.0 Å². The molecule has 0 bridgehead atoms. The van der Waals surface area contributed by atoms with Crippen LogP contribution in [0.1, 0.15) is 0 Å². The molecule has 0 fully saturated rings. The van der Waals surface area contributed by atoms with Gasteiger partial charge >= 0.3 is 5.97 Å². The zero-order chi connectivity index (χ0) is 16.3. The molecule has 8 heteroatoms. The molecule has 0 saturated heterocycles. The largest absolute Gasteiger partial charge is 0.466 e. The minimum Gasteiger partial charge on any atom is -0.466 e. The van der Waals surface area contributed by atoms with Crippen molar-refractivity contribution in [2.75, 3.05) is 32.1 Å². The number of aliphatic hydroxyl groups excluding tert-OH is 1. The van der Waals surface area contributed by atoms with Crippen LogP contribution in [0.4, 0.5) is 5.69 Å². The number of aliphatic hydroxyl groups is 1. The number of methoxy groups -OCH3 is 1. The minimum absolute atomic E-state index is 0.0721. The van der Waals surface area contributed by atoms with E-state index in [1.54, 1.807) is 18.2 Å². The Morgan fingerprint density at radius 2 is 2.00 bits per heavy atom. The Kier molecular flexibility index (Phi) is 5.28. The predicted molar refractivity (Wildman–Crippen MR) is 82.8 cm³/mol. The molecule has 118 valence electrons. The van der Waals surface area contributed by atoms with E-state index in [1.807, 2.05) is 0 Å². The quantitative estimate of drug-likeness (QED) is 0.794. The number of benzene rings is 1. The van der Waals surface area contributed by atoms with Crippen molar-refractivity contribution in [1.29, 1.82) is 0 Å². The molecule has 1 heterocycles. The molecule has 1 amide bonds. The highest BCUT2D eigenvalue weighted by atomic mass is 35.5. The number of anilines is 1. The highest BCUT2D eigenvalue weighted by molar-refractivity contribution is 6.35. The first-order valence-corrected chi connectivity index (χ1v) is 7.16. The summed E-state index contributed by atoms with van der Waals surface area (Å²) in [6, 6.07) is 4.72. The number of halogens is 2. The Balaban J connectivity index is 2.34. The van der Waals surface area contributed by atoms with Gasteiger partial charge in [-0.1, -0.05) is 23.2 Å². The number of hydrogen-bond donors (Lipinski definition) is 2. The summed E-state index contributed by atoms with van der Waals surface area (Å²) < 4.78 is 4.69. The number of β-amino-alcohol motifs (C(OH)–C–C–N with tert-alkyl or cyclic N) is 1. The van der Waals surface area contributed by atoms with Crippen LogP contribution in [0.3, 0.4) is 0 Å². The van der Waals surface area contributed by atoms with Gasteiger partial charge in [-0.25, -0.2) is 4.79 Å². The smallest absolute Gasteiger partial charge is 0.337 e. The van der Waals surface area contributed by atoms with Gasteiger partial charge in [0.15, 0.2) is 0 Å². The van der Waals surface area contributed by atoms with Crippen LogP contribution in [0.15, 0.2) is 29.5 Å². The number of nitrogens with one attached hydrogen (secondary N) is 1. The molecule has 6 nitrogen and oxygen atoms in total. The van der Waals surface area contributed by atoms with Crippen LogP contribution in [0.25, 0.3) is 0 Å². The molecule has 0 radical (unpaired) electrons. The Labute approximate surface area is 137 Å². The summed E-state index contributed by atoms with van der Waals surface area (Å²) in [5.41, 5.74) is 0.767. The van der Waals surface area contributed by atoms with Gasteiger partial charge in [0.05, 0.1) is 25.8 Å². The molecule has 22 heavy (non-hydrogen) atoms. The van der Waals surface area contributed by atoms with Crippen molar-refractivity contribution in [3.8, 4) is 0 Å². The van der Waals surface area contributed by atoms with Crippen LogP contribution in [0.2, 0.25) is 10.0 Å². The van der Waals surface area contributed by atoms with Gasteiger partial charge in [0.1, 0.15) is 5.70 Å². The molecule has 0 atom stereocenters. The van der Waals surface area contributed by atoms with Gasteiger partial charge in [-0.3, -0.25) is 4.79 Å². The summed E-state index contributed by atoms with van der Waals surface area (Å²) >= 11 is 11.8. The monoisotopic (exact) mass is 344 g/mol. The molecule has 2 N–H and O–H groups in total. The molecule has 1 aromatic carbocycles. The van der Waals surface area contributed by atoms with E-state index >= 15 is 0 Å². The zero-order valence-corrected chi connectivity index (χ0v) is 13.2. The van der Waals surface area contributed by atoms with Gasteiger partial charge < -0.3 is 20.1 Å². The molecule has 0 saturated carbocycles. The van der Waals surface area contributed by atoms with Crippen molar-refractivity contribution >= 4 is 40.8 Å². The van der Waals surface area contributed by atoms with Crippen LogP contribution >= 0.6 is 23.2 Å². The van der Waals surface area contributed by atoms with Crippen LogP contribution in [-0.2, 0) is 14.3 Å². The first kappa shape index (κ1) is 16.6. The highest BCUT2D eigenvalue weighted by Gasteiger charge is 2.34. The third-order valence-corrected chi connectivity index (χ3v) is 3.52. The van der Waals surface area contributed by atoms with Crippen molar-refractivity contribution in [2.45, 2.75) is 0 Å². The summed E-state index contributed by atoms with van der Waals surface area (Å²) in [6.45, 7) is -0.0000264. The zero-order valence-electron chi connectivity index (χ0n) is 11.7. The second kappa shape index (κ2) is 7.00. The topological polar surface area (TPSA) is 78.9 Å². The summed E-state index contributed by atoms with van der Waals surface area (Å²) in [5.74, 6) is -1.00. The minimum atomic E-state index is -0.607. The lowest BCUT2D eigenvalue weighted by atomic mass is 10.2. The van der Waals surface area contributed by atoms with Gasteiger partial charge in [0, 0.05) is 22.3 Å². The Hall–Kier alpha value is -1.76. The number of hydrogen-bond acceptors (Lipinski definition) is 5. The SMILES string of the molecule is COC(=O)C1=C(Nc2cc(Cl)cc(Cl)c2)C(=O)N(CCO)C1. The van der Waals surface area contributed by atoms with E-state index in [4.69, 9.17) is 33.0 Å². The molecule has 0 aromatic heterocycles. The van der Waals surface area contributed by atoms with Crippen LogP contribution in [0.5, 0.6) is 0 Å². The Bertz CT molecular complexity index is 625. The van der Waals surface area contributed by atoms with Gasteiger partial charge in [-0.05, 0) is 18.2 Å². The van der Waals surface area contributed by atoms with Gasteiger partial charge in [0.2, 0.25) is 0 Å². The van der Waals surface area contributed by atoms with Crippen LogP contribution < -0.4 is 5.32 Å². The normalized spacial score (nSPS) is 14.5. The van der Waals surface area contributed by atoms with Crippen molar-refractivity contribution in [1.82, 2.24) is 4.90 Å². The fourth-order valence-corrected chi connectivity index (χ4v) is 2.65. The van der Waals surface area contributed by atoms with Crippen LogP contribution in [-0.4, -0.2) is 48.7 Å². The second-order valence-corrected chi connectivity index (χ2v) is 5.45. The van der Waals surface area contributed by atoms with E-state index in [0.29, 0.717) is 15.7 Å². The Morgan fingerprint density at radius 3 is 2.55 bits per heavy atom. The number of rotatable bonds is 5. The van der Waals surface area contributed by atoms with Gasteiger partial charge in [0.25, 0.3) is 5.91 Å². The van der Waals surface area contributed by atoms with E-state index in [0.717, 1.165) is 0 Å². The predicted octanol–water partition coefficient (Wildman–Crippen LogP) is 1.67. The number of carbonyl (C=O) groups excluding carboxylic acids is 2. The van der Waals surface area contributed by atoms with Gasteiger partial charge in [-0.2, -0.15) is 0 Å². The molecular weight excluding hydrogens is 331 g/mol. The first-order valence-electron chi connectivity index (χ1n) is 6.41. The molecule has 1 aliphatic rings. The molecular formula is C14H14Cl2N2O4. The van der Waals surface area contributed by atoms with Gasteiger partial charge in [-0.15, -0.1) is 0 Å². The van der Waals surface area contributed by atoms with Crippen molar-refractivity contribution in [3.63, 3.8) is 0 Å². The molecule has 1 aliphatic heterocycles. The first-order chi connectivity index (χ1) is 10.5. The van der Waals surface area contributed by atoms with E-state index < -0.39 is 11.9 Å². The third-order valence-electron chi connectivity index (χ3n) is 3.09. The average Bonchev–Trinajstić information content (AvgIpc) is 2.75. The summed E-state index contributed by atoms with van der Waals surface area (Å²) in [7, 11) is 1.24. The molecule has 2 rings (SSSR count). The molecule has 0 unspecified atom stereocenters. The lowest BCUT2D eigenvalue weighted by Gasteiger charge is -2.15. The summed E-state index contributed by atoms with van der Waals surface area (Å²) in [4.78, 5) is 25.5. The van der Waals surface area contributed by atoms with E-state index in [-0.39, 0.29) is 31.0 Å². The molecule has 1 aromatic rings. The fourth-order valence-electron chi connectivity index (χ4n) is 2.12. The maximum absolute atomic E-state index is 12.3. The lowest BCUT2D eigenvalue weighted by molar-refractivity contribution is -0.136. The fraction of sp³-hybridized carbons (Fsp3) is 0.286. The average molecular weight is 345 g/mol.